The lowest BCUT2D eigenvalue weighted by Crippen LogP contribution is -2.48. The molecule has 2 N–H and O–H groups in total. The number of ketones is 1. The molecule has 2 atom stereocenters. The average molecular weight is 387 g/mol. The number of hydrogen-bond donors (Lipinski definition) is 2. The fraction of sp³-hybridized carbons (Fsp3) is 0.476. The number of aliphatic carboxylic acids is 1. The molecule has 0 aliphatic carbocycles. The molecule has 1 heterocycles. The minimum atomic E-state index is -0.986. The van der Waals surface area contributed by atoms with Crippen molar-refractivity contribution < 1.29 is 19.4 Å². The van der Waals surface area contributed by atoms with E-state index >= 15 is 0 Å². The maximum absolute atomic E-state index is 11.9. The molecule has 1 aromatic carbocycles. The Bertz CT molecular complexity index is 783. The molecule has 152 valence electrons. The molecule has 2 rings (SSSR count). The van der Waals surface area contributed by atoms with E-state index in [0.29, 0.717) is 24.6 Å². The SMILES string of the molecule is COc1ccc(Cn2cnc(CC(NC(CC(C)C)C(C)=O)C(=O)O)c2)cc1. The molecule has 0 bridgehead atoms. The standard InChI is InChI=1S/C21H29N3O4/c1-14(2)9-19(15(3)25)23-20(21(26)27)10-17-12-24(13-22-17)11-16-5-7-18(28-4)8-6-16/h5-8,12-14,19-20,23H,9-11H2,1-4H3,(H,26,27). The van der Waals surface area contributed by atoms with Gasteiger partial charge in [-0.3, -0.25) is 14.9 Å². The number of carbonyl (C=O) groups is 2. The maximum Gasteiger partial charge on any atom is 0.321 e. The topological polar surface area (TPSA) is 93.5 Å². The summed E-state index contributed by atoms with van der Waals surface area (Å²) in [5, 5.41) is 12.6. The molecular formula is C21H29N3O4. The van der Waals surface area contributed by atoms with Crippen LogP contribution in [0, 0.1) is 5.92 Å². The number of rotatable bonds is 11. The minimum absolute atomic E-state index is 0.0509. The van der Waals surface area contributed by atoms with Crippen LogP contribution >= 0.6 is 0 Å². The molecule has 2 unspecified atom stereocenters. The Morgan fingerprint density at radius 1 is 1.21 bits per heavy atom. The van der Waals surface area contributed by atoms with Crippen molar-refractivity contribution in [1.82, 2.24) is 14.9 Å². The molecule has 0 amide bonds. The fourth-order valence-corrected chi connectivity index (χ4v) is 3.03. The zero-order valence-corrected chi connectivity index (χ0v) is 16.9. The molecule has 28 heavy (non-hydrogen) atoms. The normalized spacial score (nSPS) is 13.3. The van der Waals surface area contributed by atoms with Crippen molar-refractivity contribution in [3.63, 3.8) is 0 Å². The van der Waals surface area contributed by atoms with Crippen molar-refractivity contribution in [2.75, 3.05) is 7.11 Å². The van der Waals surface area contributed by atoms with Crippen LogP contribution in [0.4, 0.5) is 0 Å². The number of hydrogen-bond acceptors (Lipinski definition) is 5. The van der Waals surface area contributed by atoms with Gasteiger partial charge in [0, 0.05) is 19.2 Å². The summed E-state index contributed by atoms with van der Waals surface area (Å²) in [6.07, 6.45) is 4.35. The van der Waals surface area contributed by atoms with E-state index in [2.05, 4.69) is 10.3 Å². The van der Waals surface area contributed by atoms with Gasteiger partial charge in [-0.1, -0.05) is 26.0 Å². The first-order chi connectivity index (χ1) is 13.3. The van der Waals surface area contributed by atoms with Crippen LogP contribution in [0.25, 0.3) is 0 Å². The van der Waals surface area contributed by atoms with E-state index in [-0.39, 0.29) is 12.2 Å². The summed E-state index contributed by atoms with van der Waals surface area (Å²) >= 11 is 0. The molecule has 7 heteroatoms. The van der Waals surface area contributed by atoms with Crippen molar-refractivity contribution in [3.8, 4) is 5.75 Å². The highest BCUT2D eigenvalue weighted by atomic mass is 16.5. The van der Waals surface area contributed by atoms with Gasteiger partial charge in [-0.15, -0.1) is 0 Å². The number of aromatic nitrogens is 2. The monoisotopic (exact) mass is 387 g/mol. The van der Waals surface area contributed by atoms with Crippen LogP contribution in [0.3, 0.4) is 0 Å². The van der Waals surface area contributed by atoms with Crippen LogP contribution in [0.5, 0.6) is 5.75 Å². The Kier molecular flexibility index (Phi) is 7.75. The van der Waals surface area contributed by atoms with Gasteiger partial charge in [-0.2, -0.15) is 0 Å². The predicted octanol–water partition coefficient (Wildman–Crippen LogP) is 2.53. The van der Waals surface area contributed by atoms with Crippen molar-refractivity contribution in [2.45, 2.75) is 52.2 Å². The quantitative estimate of drug-likeness (QED) is 0.615. The number of nitrogens with zero attached hydrogens (tertiary/aromatic N) is 2. The number of nitrogens with one attached hydrogen (secondary N) is 1. The van der Waals surface area contributed by atoms with E-state index in [4.69, 9.17) is 4.74 Å². The third-order valence-corrected chi connectivity index (χ3v) is 4.52. The molecule has 0 saturated heterocycles. The second-order valence-corrected chi connectivity index (χ2v) is 7.44. The summed E-state index contributed by atoms with van der Waals surface area (Å²) in [5.41, 5.74) is 1.76. The predicted molar refractivity (Wildman–Crippen MR) is 107 cm³/mol. The van der Waals surface area contributed by atoms with E-state index < -0.39 is 18.1 Å². The molecule has 0 saturated carbocycles. The van der Waals surface area contributed by atoms with Crippen molar-refractivity contribution in [3.05, 3.63) is 48.0 Å². The number of carboxylic acid groups (broad SMARTS) is 1. The van der Waals surface area contributed by atoms with Gasteiger partial charge in [0.15, 0.2) is 0 Å². The van der Waals surface area contributed by atoms with Crippen molar-refractivity contribution in [2.24, 2.45) is 5.92 Å². The molecule has 7 nitrogen and oxygen atoms in total. The zero-order chi connectivity index (χ0) is 20.7. The molecule has 2 aromatic rings. The number of ether oxygens (including phenoxy) is 1. The van der Waals surface area contributed by atoms with Crippen LogP contribution in [-0.2, 0) is 22.6 Å². The summed E-state index contributed by atoms with van der Waals surface area (Å²) in [7, 11) is 1.63. The van der Waals surface area contributed by atoms with Gasteiger partial charge in [-0.25, -0.2) is 4.98 Å². The zero-order valence-electron chi connectivity index (χ0n) is 16.9. The van der Waals surface area contributed by atoms with Gasteiger partial charge < -0.3 is 14.4 Å². The van der Waals surface area contributed by atoms with Gasteiger partial charge >= 0.3 is 5.97 Å². The van der Waals surface area contributed by atoms with Gasteiger partial charge in [0.25, 0.3) is 0 Å². The Hall–Kier alpha value is -2.67. The molecule has 0 aliphatic heterocycles. The van der Waals surface area contributed by atoms with Crippen molar-refractivity contribution >= 4 is 11.8 Å². The fourth-order valence-electron chi connectivity index (χ4n) is 3.03. The first-order valence-electron chi connectivity index (χ1n) is 9.41. The van der Waals surface area contributed by atoms with Crippen LogP contribution < -0.4 is 10.1 Å². The molecule has 0 radical (unpaired) electrons. The van der Waals surface area contributed by atoms with E-state index in [9.17, 15) is 14.7 Å². The molecule has 1 aromatic heterocycles. The Balaban J connectivity index is 2.03. The van der Waals surface area contributed by atoms with Gasteiger partial charge in [0.2, 0.25) is 0 Å². The lowest BCUT2D eigenvalue weighted by Gasteiger charge is -2.22. The highest BCUT2D eigenvalue weighted by molar-refractivity contribution is 5.82. The Morgan fingerprint density at radius 3 is 2.43 bits per heavy atom. The lowest BCUT2D eigenvalue weighted by molar-refractivity contribution is -0.139. The van der Waals surface area contributed by atoms with E-state index in [1.54, 1.807) is 13.4 Å². The summed E-state index contributed by atoms with van der Waals surface area (Å²) < 4.78 is 7.07. The van der Waals surface area contributed by atoms with Crippen LogP contribution in [0.2, 0.25) is 0 Å². The average Bonchev–Trinajstić information content (AvgIpc) is 3.07. The summed E-state index contributed by atoms with van der Waals surface area (Å²) in [6, 6.07) is 6.41. The smallest absolute Gasteiger partial charge is 0.321 e. The first-order valence-corrected chi connectivity index (χ1v) is 9.41. The highest BCUT2D eigenvalue weighted by Gasteiger charge is 2.25. The molecule has 0 spiro atoms. The molecule has 0 aliphatic rings. The third-order valence-electron chi connectivity index (χ3n) is 4.52. The second-order valence-electron chi connectivity index (χ2n) is 7.44. The summed E-state index contributed by atoms with van der Waals surface area (Å²) in [5.74, 6) is 0.0520. The van der Waals surface area contributed by atoms with Gasteiger partial charge in [0.1, 0.15) is 17.6 Å². The second kappa shape index (κ2) is 10.0. The Morgan fingerprint density at radius 2 is 1.89 bits per heavy atom. The number of benzene rings is 1. The summed E-state index contributed by atoms with van der Waals surface area (Å²) in [6.45, 7) is 6.14. The maximum atomic E-state index is 11.9. The van der Waals surface area contributed by atoms with E-state index in [1.165, 1.54) is 6.92 Å². The molecule has 0 fully saturated rings. The molecular weight excluding hydrogens is 358 g/mol. The van der Waals surface area contributed by atoms with E-state index in [1.807, 2.05) is 48.9 Å². The highest BCUT2D eigenvalue weighted by Crippen LogP contribution is 2.13. The van der Waals surface area contributed by atoms with Gasteiger partial charge in [0.05, 0.1) is 25.2 Å². The van der Waals surface area contributed by atoms with Crippen LogP contribution in [0.1, 0.15) is 38.4 Å². The number of Topliss-reactive ketones (excluding diaryl/α,β-unsaturated/α-hetero) is 1. The largest absolute Gasteiger partial charge is 0.497 e. The number of imidazole rings is 1. The number of carboxylic acids is 1. The van der Waals surface area contributed by atoms with E-state index in [0.717, 1.165) is 11.3 Å². The van der Waals surface area contributed by atoms with Crippen LogP contribution in [0.15, 0.2) is 36.8 Å². The number of methoxy groups -OCH3 is 1. The first kappa shape index (κ1) is 21.6. The van der Waals surface area contributed by atoms with Crippen LogP contribution in [-0.4, -0.2) is 45.6 Å². The summed E-state index contributed by atoms with van der Waals surface area (Å²) in [4.78, 5) is 27.9. The number of carbonyl (C=O) groups excluding carboxylic acids is 1. The van der Waals surface area contributed by atoms with Gasteiger partial charge in [-0.05, 0) is 37.0 Å². The third kappa shape index (κ3) is 6.49. The lowest BCUT2D eigenvalue weighted by atomic mass is 9.99. The van der Waals surface area contributed by atoms with Crippen molar-refractivity contribution in [1.29, 1.82) is 0 Å². The Labute approximate surface area is 165 Å². The minimum Gasteiger partial charge on any atom is -0.497 e.